The van der Waals surface area contributed by atoms with Crippen molar-refractivity contribution in [1.29, 1.82) is 0 Å². The monoisotopic (exact) mass is 337 g/mol. The highest BCUT2D eigenvalue weighted by Gasteiger charge is 2.14. The molecule has 1 amide bonds. The number of carbonyl (C=O) groups is 1. The average Bonchev–Trinajstić information content (AvgIpc) is 3.05. The van der Waals surface area contributed by atoms with Crippen LogP contribution in [0.3, 0.4) is 0 Å². The van der Waals surface area contributed by atoms with Gasteiger partial charge in [-0.05, 0) is 50.3 Å². The van der Waals surface area contributed by atoms with Gasteiger partial charge in [0.15, 0.2) is 0 Å². The van der Waals surface area contributed by atoms with E-state index in [-0.39, 0.29) is 5.91 Å². The van der Waals surface area contributed by atoms with Gasteiger partial charge in [-0.2, -0.15) is 10.1 Å². The van der Waals surface area contributed by atoms with E-state index in [0.29, 0.717) is 18.6 Å². The number of para-hydroxylation sites is 1. The summed E-state index contributed by atoms with van der Waals surface area (Å²) < 4.78 is 1.72. The van der Waals surface area contributed by atoms with Crippen LogP contribution in [0.4, 0.5) is 5.69 Å². The predicted molar refractivity (Wildman–Crippen MR) is 97.8 cm³/mol. The Hall–Kier alpha value is -2.76. The molecule has 0 aliphatic heterocycles. The predicted octanol–water partition coefficient (Wildman–Crippen LogP) is 3.18. The van der Waals surface area contributed by atoms with Gasteiger partial charge in [-0.15, -0.1) is 0 Å². The van der Waals surface area contributed by atoms with Crippen LogP contribution in [-0.2, 0) is 17.6 Å². The Bertz CT molecular complexity index is 929. The number of carbonyl (C=O) groups excluding carboxylic acids is 1. The lowest BCUT2D eigenvalue weighted by Crippen LogP contribution is -2.16. The van der Waals surface area contributed by atoms with Crippen molar-refractivity contribution in [2.45, 2.75) is 47.0 Å². The minimum atomic E-state index is 0.0153. The van der Waals surface area contributed by atoms with Crippen molar-refractivity contribution in [3.05, 3.63) is 52.6 Å². The largest absolute Gasteiger partial charge is 0.326 e. The third kappa shape index (κ3) is 3.38. The molecule has 2 aromatic heterocycles. The van der Waals surface area contributed by atoms with E-state index in [1.165, 1.54) is 6.33 Å². The van der Waals surface area contributed by atoms with E-state index >= 15 is 0 Å². The lowest BCUT2D eigenvalue weighted by molar-refractivity contribution is -0.116. The Balaban J connectivity index is 1.75. The first kappa shape index (κ1) is 17.1. The fourth-order valence-corrected chi connectivity index (χ4v) is 3.16. The van der Waals surface area contributed by atoms with Crippen LogP contribution < -0.4 is 5.32 Å². The number of aromatic nitrogens is 4. The molecule has 130 valence electrons. The molecule has 0 bridgehead atoms. The summed E-state index contributed by atoms with van der Waals surface area (Å²) in [6.07, 6.45) is 3.42. The summed E-state index contributed by atoms with van der Waals surface area (Å²) in [7, 11) is 0. The fraction of sp³-hybridized carbons (Fsp3) is 0.368. The summed E-state index contributed by atoms with van der Waals surface area (Å²) in [4.78, 5) is 21.1. The summed E-state index contributed by atoms with van der Waals surface area (Å²) in [5.74, 6) is 0.609. The molecule has 3 rings (SSSR count). The van der Waals surface area contributed by atoms with Gasteiger partial charge in [0, 0.05) is 23.5 Å². The lowest BCUT2D eigenvalue weighted by Gasteiger charge is -2.14. The maximum atomic E-state index is 12.5. The molecule has 1 N–H and O–H groups in total. The second kappa shape index (κ2) is 7.01. The van der Waals surface area contributed by atoms with Gasteiger partial charge in [0.05, 0.1) is 0 Å². The van der Waals surface area contributed by atoms with Gasteiger partial charge in [-0.1, -0.05) is 25.1 Å². The first-order valence-electron chi connectivity index (χ1n) is 8.55. The van der Waals surface area contributed by atoms with E-state index in [9.17, 15) is 4.79 Å². The molecule has 0 saturated heterocycles. The summed E-state index contributed by atoms with van der Waals surface area (Å²) in [6.45, 7) is 8.05. The summed E-state index contributed by atoms with van der Waals surface area (Å²) >= 11 is 0. The van der Waals surface area contributed by atoms with Crippen molar-refractivity contribution in [2.24, 2.45) is 0 Å². The van der Waals surface area contributed by atoms with Crippen molar-refractivity contribution in [2.75, 3.05) is 5.32 Å². The van der Waals surface area contributed by atoms with E-state index in [0.717, 1.165) is 40.2 Å². The van der Waals surface area contributed by atoms with Crippen molar-refractivity contribution < 1.29 is 4.79 Å². The smallest absolute Gasteiger partial charge is 0.252 e. The van der Waals surface area contributed by atoms with Crippen molar-refractivity contribution >= 4 is 17.4 Å². The SMILES string of the molecule is CCc1cccc(C)c1NC(=O)CCc1c(C)nc2ncnn2c1C. The van der Waals surface area contributed by atoms with Gasteiger partial charge in [-0.3, -0.25) is 4.79 Å². The molecule has 25 heavy (non-hydrogen) atoms. The molecular weight excluding hydrogens is 314 g/mol. The highest BCUT2D eigenvalue weighted by Crippen LogP contribution is 2.22. The molecular formula is C19H23N5O. The average molecular weight is 337 g/mol. The second-order valence-corrected chi connectivity index (χ2v) is 6.24. The van der Waals surface area contributed by atoms with Crippen LogP contribution in [0, 0.1) is 20.8 Å². The Kier molecular flexibility index (Phi) is 4.79. The highest BCUT2D eigenvalue weighted by molar-refractivity contribution is 5.92. The van der Waals surface area contributed by atoms with Crippen LogP contribution in [-0.4, -0.2) is 25.5 Å². The number of hydrogen-bond acceptors (Lipinski definition) is 4. The number of rotatable bonds is 5. The normalized spacial score (nSPS) is 11.0. The Morgan fingerprint density at radius 3 is 2.80 bits per heavy atom. The number of amides is 1. The van der Waals surface area contributed by atoms with E-state index in [1.807, 2.05) is 32.9 Å². The zero-order chi connectivity index (χ0) is 18.0. The van der Waals surface area contributed by atoms with Crippen LogP contribution in [0.1, 0.15) is 41.4 Å². The molecule has 0 unspecified atom stereocenters. The van der Waals surface area contributed by atoms with Crippen LogP contribution in [0.5, 0.6) is 0 Å². The first-order chi connectivity index (χ1) is 12.0. The van der Waals surface area contributed by atoms with Crippen molar-refractivity contribution in [3.63, 3.8) is 0 Å². The Morgan fingerprint density at radius 1 is 1.24 bits per heavy atom. The zero-order valence-corrected chi connectivity index (χ0v) is 15.1. The topological polar surface area (TPSA) is 72.2 Å². The summed E-state index contributed by atoms with van der Waals surface area (Å²) in [5.41, 5.74) is 6.12. The van der Waals surface area contributed by atoms with Crippen molar-refractivity contribution in [3.8, 4) is 0 Å². The number of benzene rings is 1. The summed E-state index contributed by atoms with van der Waals surface area (Å²) in [5, 5.41) is 7.27. The quantitative estimate of drug-likeness (QED) is 0.776. The number of anilines is 1. The van der Waals surface area contributed by atoms with E-state index in [1.54, 1.807) is 4.52 Å². The van der Waals surface area contributed by atoms with Crippen LogP contribution in [0.15, 0.2) is 24.5 Å². The highest BCUT2D eigenvalue weighted by atomic mass is 16.1. The molecule has 0 atom stereocenters. The van der Waals surface area contributed by atoms with Gasteiger partial charge in [0.25, 0.3) is 5.78 Å². The number of aryl methyl sites for hydroxylation is 4. The standard InChI is InChI=1S/C19H23N5O/c1-5-15-8-6-7-12(2)18(15)23-17(25)10-9-16-13(3)22-19-20-11-21-24(19)14(16)4/h6-8,11H,5,9-10H2,1-4H3,(H,23,25). The van der Waals surface area contributed by atoms with Crippen molar-refractivity contribution in [1.82, 2.24) is 19.6 Å². The Morgan fingerprint density at radius 2 is 2.04 bits per heavy atom. The molecule has 3 aromatic rings. The Labute approximate surface area is 147 Å². The maximum absolute atomic E-state index is 12.5. The van der Waals surface area contributed by atoms with E-state index in [2.05, 4.69) is 33.4 Å². The maximum Gasteiger partial charge on any atom is 0.252 e. The van der Waals surface area contributed by atoms with Gasteiger partial charge < -0.3 is 5.32 Å². The molecule has 6 heteroatoms. The minimum Gasteiger partial charge on any atom is -0.326 e. The second-order valence-electron chi connectivity index (χ2n) is 6.24. The molecule has 0 fully saturated rings. The van der Waals surface area contributed by atoms with Gasteiger partial charge in [-0.25, -0.2) is 9.50 Å². The third-order valence-corrected chi connectivity index (χ3v) is 4.60. The molecule has 0 spiro atoms. The molecule has 2 heterocycles. The first-order valence-corrected chi connectivity index (χ1v) is 8.55. The minimum absolute atomic E-state index is 0.0153. The number of nitrogens with one attached hydrogen (secondary N) is 1. The van der Waals surface area contributed by atoms with Crippen LogP contribution in [0.2, 0.25) is 0 Å². The molecule has 0 saturated carbocycles. The van der Waals surface area contributed by atoms with Gasteiger partial charge in [0.2, 0.25) is 5.91 Å². The molecule has 0 aliphatic rings. The number of hydrogen-bond donors (Lipinski definition) is 1. The van der Waals surface area contributed by atoms with Crippen LogP contribution in [0.25, 0.3) is 5.78 Å². The van der Waals surface area contributed by atoms with E-state index in [4.69, 9.17) is 0 Å². The van der Waals surface area contributed by atoms with Gasteiger partial charge in [0.1, 0.15) is 6.33 Å². The molecule has 0 aliphatic carbocycles. The fourth-order valence-electron chi connectivity index (χ4n) is 3.16. The molecule has 6 nitrogen and oxygen atoms in total. The number of fused-ring (bicyclic) bond motifs is 1. The third-order valence-electron chi connectivity index (χ3n) is 4.60. The van der Waals surface area contributed by atoms with Gasteiger partial charge >= 0.3 is 0 Å². The van der Waals surface area contributed by atoms with E-state index < -0.39 is 0 Å². The lowest BCUT2D eigenvalue weighted by atomic mass is 10.0. The summed E-state index contributed by atoms with van der Waals surface area (Å²) in [6, 6.07) is 6.10. The van der Waals surface area contributed by atoms with Crippen LogP contribution >= 0.6 is 0 Å². The zero-order valence-electron chi connectivity index (χ0n) is 15.1. The number of nitrogens with zero attached hydrogens (tertiary/aromatic N) is 4. The molecule has 0 radical (unpaired) electrons. The molecule has 1 aromatic carbocycles.